The highest BCUT2D eigenvalue weighted by molar-refractivity contribution is 5.96. The summed E-state index contributed by atoms with van der Waals surface area (Å²) in [6, 6.07) is 5.58. The molecule has 1 saturated carbocycles. The van der Waals surface area contributed by atoms with Crippen molar-refractivity contribution in [2.24, 2.45) is 5.92 Å². The Kier molecular flexibility index (Phi) is 9.40. The van der Waals surface area contributed by atoms with Crippen molar-refractivity contribution in [2.45, 2.75) is 56.5 Å². The van der Waals surface area contributed by atoms with Crippen LogP contribution in [-0.2, 0) is 14.3 Å². The molecule has 2 fully saturated rings. The number of fused-ring (bicyclic) bond motifs is 1. The molecule has 0 radical (unpaired) electrons. The van der Waals surface area contributed by atoms with E-state index in [2.05, 4.69) is 20.4 Å². The van der Waals surface area contributed by atoms with E-state index < -0.39 is 41.9 Å². The minimum atomic E-state index is -5.33. The molecule has 1 aromatic heterocycles. The number of benzene rings is 1. The van der Waals surface area contributed by atoms with Gasteiger partial charge in [-0.2, -0.15) is 13.2 Å². The summed E-state index contributed by atoms with van der Waals surface area (Å²) in [4.78, 5) is 43.2. The van der Waals surface area contributed by atoms with Gasteiger partial charge in [-0.15, -0.1) is 0 Å². The van der Waals surface area contributed by atoms with Crippen LogP contribution >= 0.6 is 0 Å². The van der Waals surface area contributed by atoms with Crippen LogP contribution < -0.4 is 10.6 Å². The second-order valence-electron chi connectivity index (χ2n) is 11.7. The van der Waals surface area contributed by atoms with E-state index >= 15 is 0 Å². The standard InChI is InChI=1S/C30H37F4N5O4/c1-37-10-12-38(13-11-37)18-23(19-6-3-2-4-7-19)36-28(41)26(43-29(42)30(32,33)34)25-16-35-27(40)24-15-21(17-39(24)25)20-8-5-9-22(31)14-20/h5,8-9,14-15,17,19,23,25-26H,2-4,6-7,10-13,16,18H2,1H3,(H,35,40)(H,36,41)/t23-,25+,26?/m1/s1. The summed E-state index contributed by atoms with van der Waals surface area (Å²) in [5, 5.41) is 5.57. The molecular weight excluding hydrogens is 570 g/mol. The Morgan fingerprint density at radius 1 is 1.07 bits per heavy atom. The Morgan fingerprint density at radius 3 is 2.47 bits per heavy atom. The summed E-state index contributed by atoms with van der Waals surface area (Å²) < 4.78 is 60.5. The lowest BCUT2D eigenvalue weighted by Crippen LogP contribution is -2.57. The van der Waals surface area contributed by atoms with Gasteiger partial charge in [0.15, 0.2) is 0 Å². The van der Waals surface area contributed by atoms with Gasteiger partial charge in [0.25, 0.3) is 11.8 Å². The number of amides is 2. The van der Waals surface area contributed by atoms with Crippen LogP contribution in [0.15, 0.2) is 36.5 Å². The predicted molar refractivity (Wildman–Crippen MR) is 150 cm³/mol. The number of carbonyl (C=O) groups excluding carboxylic acids is 3. The minimum absolute atomic E-state index is 0.0534. The molecule has 1 aliphatic carbocycles. The number of ether oxygens (including phenoxy) is 1. The third-order valence-electron chi connectivity index (χ3n) is 8.74. The first-order valence-electron chi connectivity index (χ1n) is 14.7. The molecule has 2 aromatic rings. The Labute approximate surface area is 247 Å². The highest BCUT2D eigenvalue weighted by Crippen LogP contribution is 2.32. The van der Waals surface area contributed by atoms with Crippen LogP contribution in [0.1, 0.15) is 48.6 Å². The number of aromatic nitrogens is 1. The summed E-state index contributed by atoms with van der Waals surface area (Å²) in [6.45, 7) is 3.60. The number of nitrogens with one attached hydrogen (secondary N) is 2. The molecule has 0 bridgehead atoms. The number of piperazine rings is 1. The second-order valence-corrected chi connectivity index (χ2v) is 11.7. The van der Waals surface area contributed by atoms with E-state index in [-0.39, 0.29) is 24.2 Å². The van der Waals surface area contributed by atoms with Crippen molar-refractivity contribution in [1.29, 1.82) is 0 Å². The number of halogens is 4. The summed E-state index contributed by atoms with van der Waals surface area (Å²) in [5.74, 6) is -4.24. The van der Waals surface area contributed by atoms with E-state index in [1.807, 2.05) is 7.05 Å². The molecule has 1 unspecified atom stereocenters. The third-order valence-corrected chi connectivity index (χ3v) is 8.74. The molecule has 5 rings (SSSR count). The minimum Gasteiger partial charge on any atom is -0.443 e. The number of hydrogen-bond donors (Lipinski definition) is 2. The van der Waals surface area contributed by atoms with Crippen molar-refractivity contribution < 1.29 is 36.7 Å². The first-order chi connectivity index (χ1) is 20.5. The highest BCUT2D eigenvalue weighted by atomic mass is 19.4. The SMILES string of the molecule is CN1CCN(C[C@@H](NC(=O)C(OC(=O)C(F)(F)F)[C@@H]2CNC(=O)c3cc(-c4cccc(F)c4)cn32)C2CCCCC2)CC1. The maximum atomic E-state index is 13.9. The lowest BCUT2D eigenvalue weighted by molar-refractivity contribution is -0.207. The molecule has 13 heteroatoms. The molecule has 3 aliphatic rings. The van der Waals surface area contributed by atoms with Crippen molar-refractivity contribution in [3.63, 3.8) is 0 Å². The average molecular weight is 608 g/mol. The van der Waals surface area contributed by atoms with Gasteiger partial charge in [0, 0.05) is 57.1 Å². The number of likely N-dealkylation sites (N-methyl/N-ethyl adjacent to an activating group) is 1. The van der Waals surface area contributed by atoms with Crippen LogP contribution in [0.5, 0.6) is 0 Å². The number of rotatable bonds is 8. The monoisotopic (exact) mass is 607 g/mol. The normalized spacial score (nSPS) is 21.9. The molecule has 0 spiro atoms. The van der Waals surface area contributed by atoms with Crippen LogP contribution in [0.2, 0.25) is 0 Å². The van der Waals surface area contributed by atoms with E-state index in [0.29, 0.717) is 17.7 Å². The van der Waals surface area contributed by atoms with E-state index in [0.717, 1.165) is 58.3 Å². The topological polar surface area (TPSA) is 95.9 Å². The van der Waals surface area contributed by atoms with Crippen LogP contribution in [0, 0.1) is 11.7 Å². The number of carbonyl (C=O) groups is 3. The first-order valence-corrected chi connectivity index (χ1v) is 14.7. The zero-order valence-corrected chi connectivity index (χ0v) is 24.0. The molecule has 2 aliphatic heterocycles. The van der Waals surface area contributed by atoms with Crippen molar-refractivity contribution in [3.8, 4) is 11.1 Å². The van der Waals surface area contributed by atoms with E-state index in [1.165, 1.54) is 35.0 Å². The zero-order chi connectivity index (χ0) is 30.7. The smallest absolute Gasteiger partial charge is 0.443 e. The maximum absolute atomic E-state index is 13.9. The Hall–Kier alpha value is -3.45. The molecule has 1 aromatic carbocycles. The summed E-state index contributed by atoms with van der Waals surface area (Å²) >= 11 is 0. The van der Waals surface area contributed by atoms with Gasteiger partial charge >= 0.3 is 12.1 Å². The summed E-state index contributed by atoms with van der Waals surface area (Å²) in [6.07, 6.45) is -0.909. The van der Waals surface area contributed by atoms with Gasteiger partial charge in [0.1, 0.15) is 11.5 Å². The molecule has 234 valence electrons. The second kappa shape index (κ2) is 13.0. The number of esters is 1. The molecule has 3 atom stereocenters. The molecule has 9 nitrogen and oxygen atoms in total. The van der Waals surface area contributed by atoms with Crippen molar-refractivity contribution in [2.75, 3.05) is 46.3 Å². The summed E-state index contributed by atoms with van der Waals surface area (Å²) in [5.41, 5.74) is 0.914. The van der Waals surface area contributed by atoms with Crippen molar-refractivity contribution in [1.82, 2.24) is 25.0 Å². The van der Waals surface area contributed by atoms with Gasteiger partial charge in [-0.1, -0.05) is 31.4 Å². The van der Waals surface area contributed by atoms with Crippen LogP contribution in [0.25, 0.3) is 11.1 Å². The van der Waals surface area contributed by atoms with Gasteiger partial charge in [-0.3, -0.25) is 14.5 Å². The van der Waals surface area contributed by atoms with Crippen LogP contribution in [-0.4, -0.2) is 96.8 Å². The quantitative estimate of drug-likeness (QED) is 0.353. The van der Waals surface area contributed by atoms with Gasteiger partial charge in [0.2, 0.25) is 6.10 Å². The Balaban J connectivity index is 1.45. The summed E-state index contributed by atoms with van der Waals surface area (Å²) in [7, 11) is 2.04. The molecular formula is C30H37F4N5O4. The lowest BCUT2D eigenvalue weighted by atomic mass is 9.83. The average Bonchev–Trinajstić information content (AvgIpc) is 3.44. The van der Waals surface area contributed by atoms with E-state index in [1.54, 1.807) is 6.07 Å². The molecule has 43 heavy (non-hydrogen) atoms. The fourth-order valence-corrected chi connectivity index (χ4v) is 6.31. The zero-order valence-electron chi connectivity index (χ0n) is 24.0. The molecule has 1 saturated heterocycles. The molecule has 3 heterocycles. The van der Waals surface area contributed by atoms with Gasteiger partial charge in [0.05, 0.1) is 6.04 Å². The van der Waals surface area contributed by atoms with Gasteiger partial charge < -0.3 is 24.8 Å². The maximum Gasteiger partial charge on any atom is 0.490 e. The first kappa shape index (κ1) is 31.0. The largest absolute Gasteiger partial charge is 0.490 e. The van der Waals surface area contributed by atoms with E-state index in [4.69, 9.17) is 4.74 Å². The van der Waals surface area contributed by atoms with Crippen molar-refractivity contribution in [3.05, 3.63) is 48.0 Å². The fourth-order valence-electron chi connectivity index (χ4n) is 6.31. The number of nitrogens with zero attached hydrogens (tertiary/aromatic N) is 3. The predicted octanol–water partition coefficient (Wildman–Crippen LogP) is 3.37. The third kappa shape index (κ3) is 7.38. The fraction of sp³-hybridized carbons (Fsp3) is 0.567. The molecule has 2 N–H and O–H groups in total. The Bertz CT molecular complexity index is 1320. The number of alkyl halides is 3. The van der Waals surface area contributed by atoms with Gasteiger partial charge in [-0.25, -0.2) is 9.18 Å². The molecule has 2 amide bonds. The van der Waals surface area contributed by atoms with Crippen LogP contribution in [0.3, 0.4) is 0 Å². The van der Waals surface area contributed by atoms with Crippen molar-refractivity contribution >= 4 is 17.8 Å². The van der Waals surface area contributed by atoms with E-state index in [9.17, 15) is 31.9 Å². The number of hydrogen-bond acceptors (Lipinski definition) is 6. The Morgan fingerprint density at radius 2 is 1.79 bits per heavy atom. The van der Waals surface area contributed by atoms with Crippen LogP contribution in [0.4, 0.5) is 17.6 Å². The lowest BCUT2D eigenvalue weighted by Gasteiger charge is -2.39. The van der Waals surface area contributed by atoms with Gasteiger partial charge in [-0.05, 0) is 49.6 Å². The highest BCUT2D eigenvalue weighted by Gasteiger charge is 2.47.